The number of benzene rings is 5. The van der Waals surface area contributed by atoms with E-state index < -0.39 is 17.6 Å². The van der Waals surface area contributed by atoms with Crippen molar-refractivity contribution in [2.45, 2.75) is 31.4 Å². The first kappa shape index (κ1) is 27.8. The predicted molar refractivity (Wildman–Crippen MR) is 163 cm³/mol. The number of rotatable bonds is 9. The van der Waals surface area contributed by atoms with Crippen LogP contribution in [0.15, 0.2) is 140 Å². The molecule has 5 aromatic carbocycles. The van der Waals surface area contributed by atoms with Gasteiger partial charge in [-0.25, -0.2) is 0 Å². The van der Waals surface area contributed by atoms with E-state index in [0.29, 0.717) is 16.7 Å². The van der Waals surface area contributed by atoms with Crippen molar-refractivity contribution in [1.82, 2.24) is 5.32 Å². The van der Waals surface area contributed by atoms with Crippen LogP contribution in [-0.4, -0.2) is 22.8 Å². The van der Waals surface area contributed by atoms with Crippen LogP contribution in [0.1, 0.15) is 49.7 Å². The van der Waals surface area contributed by atoms with Crippen molar-refractivity contribution in [3.05, 3.63) is 178 Å². The highest BCUT2D eigenvalue weighted by Gasteiger charge is 2.46. The summed E-state index contributed by atoms with van der Waals surface area (Å²) in [4.78, 5) is 28.7. The van der Waals surface area contributed by atoms with Crippen LogP contribution in [-0.2, 0) is 10.4 Å². The molecule has 0 bridgehead atoms. The maximum atomic E-state index is 14.3. The summed E-state index contributed by atoms with van der Waals surface area (Å²) in [6.07, 6.45) is 0. The van der Waals surface area contributed by atoms with Crippen molar-refractivity contribution in [2.75, 3.05) is 0 Å². The SMILES string of the molecule is Cc1ccc(C(O)(c2ccc(C)cc2)[C@@H](NC(=O)C(c2ccccc2)c2ccccc2)C(=O)c2ccccc2)cc1. The van der Waals surface area contributed by atoms with Gasteiger partial charge in [-0.1, -0.05) is 151 Å². The third-order valence-electron chi connectivity index (χ3n) is 7.54. The van der Waals surface area contributed by atoms with Gasteiger partial charge >= 0.3 is 0 Å². The lowest BCUT2D eigenvalue weighted by molar-refractivity contribution is -0.123. The van der Waals surface area contributed by atoms with Gasteiger partial charge in [-0.05, 0) is 36.1 Å². The Hall–Kier alpha value is -4.80. The Bertz CT molecular complexity index is 1510. The molecule has 2 N–H and O–H groups in total. The summed E-state index contributed by atoms with van der Waals surface area (Å²) in [5, 5.41) is 15.8. The van der Waals surface area contributed by atoms with Crippen LogP contribution in [0, 0.1) is 13.8 Å². The maximum Gasteiger partial charge on any atom is 0.232 e. The van der Waals surface area contributed by atoms with Crippen LogP contribution in [0.25, 0.3) is 0 Å². The second-order valence-corrected chi connectivity index (χ2v) is 10.4. The Kier molecular flexibility index (Phi) is 8.23. The van der Waals surface area contributed by atoms with Gasteiger partial charge in [0.1, 0.15) is 11.6 Å². The quantitative estimate of drug-likeness (QED) is 0.204. The molecule has 1 amide bonds. The number of aryl methyl sites for hydroxylation is 2. The molecule has 204 valence electrons. The van der Waals surface area contributed by atoms with Gasteiger partial charge in [-0.3, -0.25) is 9.59 Å². The van der Waals surface area contributed by atoms with Crippen LogP contribution in [0.2, 0.25) is 0 Å². The Morgan fingerprint density at radius 2 is 0.976 bits per heavy atom. The van der Waals surface area contributed by atoms with Crippen molar-refractivity contribution in [3.63, 3.8) is 0 Å². The number of aliphatic hydroxyl groups is 1. The minimum Gasteiger partial charge on any atom is -0.378 e. The number of ketones is 1. The van der Waals surface area contributed by atoms with Crippen LogP contribution in [0.4, 0.5) is 0 Å². The van der Waals surface area contributed by atoms with Gasteiger partial charge in [0.2, 0.25) is 5.91 Å². The molecule has 1 atom stereocenters. The van der Waals surface area contributed by atoms with Crippen molar-refractivity contribution < 1.29 is 14.7 Å². The second kappa shape index (κ2) is 12.2. The Balaban J connectivity index is 1.68. The average Bonchev–Trinajstić information content (AvgIpc) is 3.01. The van der Waals surface area contributed by atoms with Gasteiger partial charge in [0.25, 0.3) is 0 Å². The molecule has 0 aromatic heterocycles. The van der Waals surface area contributed by atoms with E-state index in [2.05, 4.69) is 5.32 Å². The summed E-state index contributed by atoms with van der Waals surface area (Å²) in [6, 6.07) is 41.3. The molecule has 41 heavy (non-hydrogen) atoms. The minimum absolute atomic E-state index is 0.380. The molecule has 0 aliphatic rings. The lowest BCUT2D eigenvalue weighted by atomic mass is 9.76. The molecule has 0 aliphatic heterocycles. The summed E-state index contributed by atoms with van der Waals surface area (Å²) in [7, 11) is 0. The zero-order chi connectivity index (χ0) is 28.8. The second-order valence-electron chi connectivity index (χ2n) is 10.4. The summed E-state index contributed by atoms with van der Waals surface area (Å²) in [6.45, 7) is 3.93. The first-order chi connectivity index (χ1) is 19.9. The molecule has 4 nitrogen and oxygen atoms in total. The van der Waals surface area contributed by atoms with Gasteiger partial charge in [0, 0.05) is 5.56 Å². The van der Waals surface area contributed by atoms with Gasteiger partial charge in [0.15, 0.2) is 5.78 Å². The lowest BCUT2D eigenvalue weighted by Crippen LogP contribution is -2.56. The molecule has 0 fully saturated rings. The third kappa shape index (κ3) is 5.88. The summed E-state index contributed by atoms with van der Waals surface area (Å²) in [5.41, 5.74) is 3.17. The molecule has 0 spiro atoms. The Morgan fingerprint density at radius 1 is 0.585 bits per heavy atom. The average molecular weight is 540 g/mol. The molecule has 0 saturated heterocycles. The fourth-order valence-corrected chi connectivity index (χ4v) is 5.26. The predicted octanol–water partition coefficient (Wildman–Crippen LogP) is 6.74. The van der Waals surface area contributed by atoms with E-state index in [9.17, 15) is 14.7 Å². The minimum atomic E-state index is -1.86. The molecule has 5 aromatic rings. The summed E-state index contributed by atoms with van der Waals surface area (Å²) < 4.78 is 0. The van der Waals surface area contributed by atoms with E-state index in [0.717, 1.165) is 22.3 Å². The third-order valence-corrected chi connectivity index (χ3v) is 7.54. The van der Waals surface area contributed by atoms with Crippen LogP contribution in [0.3, 0.4) is 0 Å². The van der Waals surface area contributed by atoms with E-state index in [1.165, 1.54) is 0 Å². The van der Waals surface area contributed by atoms with Crippen molar-refractivity contribution in [2.24, 2.45) is 0 Å². The number of Topliss-reactive ketones (excluding diaryl/α,β-unsaturated/α-hetero) is 1. The van der Waals surface area contributed by atoms with E-state index in [1.807, 2.05) is 129 Å². The fraction of sp³-hybridized carbons (Fsp3) is 0.135. The van der Waals surface area contributed by atoms with Crippen LogP contribution < -0.4 is 5.32 Å². The number of carbonyl (C=O) groups is 2. The first-order valence-corrected chi connectivity index (χ1v) is 13.7. The molecule has 5 rings (SSSR count). The largest absolute Gasteiger partial charge is 0.378 e. The number of hydrogen-bond acceptors (Lipinski definition) is 3. The van der Waals surface area contributed by atoms with E-state index in [1.54, 1.807) is 24.3 Å². The van der Waals surface area contributed by atoms with E-state index in [4.69, 9.17) is 0 Å². The number of amides is 1. The monoisotopic (exact) mass is 539 g/mol. The van der Waals surface area contributed by atoms with Gasteiger partial charge in [0.05, 0.1) is 5.92 Å². The van der Waals surface area contributed by atoms with E-state index in [-0.39, 0.29) is 11.7 Å². The molecule has 0 radical (unpaired) electrons. The molecule has 0 saturated carbocycles. The highest BCUT2D eigenvalue weighted by atomic mass is 16.3. The van der Waals surface area contributed by atoms with Gasteiger partial charge < -0.3 is 10.4 Å². The molecule has 0 heterocycles. The van der Waals surface area contributed by atoms with Crippen molar-refractivity contribution in [1.29, 1.82) is 0 Å². The highest BCUT2D eigenvalue weighted by Crippen LogP contribution is 2.36. The number of nitrogens with one attached hydrogen (secondary N) is 1. The summed E-state index contributed by atoms with van der Waals surface area (Å²) >= 11 is 0. The standard InChI is InChI=1S/C37H33NO3/c1-26-18-22-31(23-19-26)37(41,32-24-20-27(2)21-25-32)35(34(39)30-16-10-5-11-17-30)38-36(40)33(28-12-6-3-7-13-28)29-14-8-4-9-15-29/h3-25,33,35,41H,1-2H3,(H,38,40)/t35-/m0/s1. The molecule has 4 heteroatoms. The molecule has 0 unspecified atom stereocenters. The highest BCUT2D eigenvalue weighted by molar-refractivity contribution is 6.04. The van der Waals surface area contributed by atoms with Gasteiger partial charge in [-0.2, -0.15) is 0 Å². The Morgan fingerprint density at radius 3 is 1.39 bits per heavy atom. The zero-order valence-corrected chi connectivity index (χ0v) is 23.2. The molecule has 0 aliphatic carbocycles. The fourth-order valence-electron chi connectivity index (χ4n) is 5.26. The number of carbonyl (C=O) groups excluding carboxylic acids is 2. The topological polar surface area (TPSA) is 66.4 Å². The first-order valence-electron chi connectivity index (χ1n) is 13.7. The van der Waals surface area contributed by atoms with Crippen molar-refractivity contribution >= 4 is 11.7 Å². The maximum absolute atomic E-state index is 14.3. The summed E-state index contributed by atoms with van der Waals surface area (Å²) in [5.74, 6) is -1.46. The lowest BCUT2D eigenvalue weighted by Gasteiger charge is -2.38. The van der Waals surface area contributed by atoms with Crippen LogP contribution >= 0.6 is 0 Å². The Labute approximate surface area is 241 Å². The smallest absolute Gasteiger partial charge is 0.232 e. The van der Waals surface area contributed by atoms with Crippen LogP contribution in [0.5, 0.6) is 0 Å². The zero-order valence-electron chi connectivity index (χ0n) is 23.2. The number of hydrogen-bond donors (Lipinski definition) is 2. The molecular formula is C37H33NO3. The normalized spacial score (nSPS) is 12.1. The van der Waals surface area contributed by atoms with E-state index >= 15 is 0 Å². The van der Waals surface area contributed by atoms with Gasteiger partial charge in [-0.15, -0.1) is 0 Å². The van der Waals surface area contributed by atoms with Crippen molar-refractivity contribution in [3.8, 4) is 0 Å². The molecular weight excluding hydrogens is 506 g/mol.